The summed E-state index contributed by atoms with van der Waals surface area (Å²) in [6.07, 6.45) is 5.11. The van der Waals surface area contributed by atoms with Gasteiger partial charge in [0.15, 0.2) is 5.65 Å². The lowest BCUT2D eigenvalue weighted by Crippen LogP contribution is -2.38. The molecule has 1 aromatic carbocycles. The third-order valence-electron chi connectivity index (χ3n) is 5.86. The highest BCUT2D eigenvalue weighted by atomic mass is 16.3. The van der Waals surface area contributed by atoms with Crippen molar-refractivity contribution in [3.63, 3.8) is 0 Å². The minimum absolute atomic E-state index is 0.240. The summed E-state index contributed by atoms with van der Waals surface area (Å²) >= 11 is 0. The van der Waals surface area contributed by atoms with Crippen LogP contribution in [0.25, 0.3) is 11.0 Å². The van der Waals surface area contributed by atoms with E-state index in [0.29, 0.717) is 5.92 Å². The van der Waals surface area contributed by atoms with Gasteiger partial charge in [0, 0.05) is 18.8 Å². The molecule has 3 heterocycles. The van der Waals surface area contributed by atoms with E-state index in [9.17, 15) is 5.11 Å². The number of hydrogen-bond donors (Lipinski definition) is 1. The largest absolute Gasteiger partial charge is 0.393 e. The first-order valence-electron chi connectivity index (χ1n) is 10.2. The maximum atomic E-state index is 10.7. The van der Waals surface area contributed by atoms with Crippen molar-refractivity contribution in [1.29, 1.82) is 0 Å². The Bertz CT molecular complexity index is 936. The molecule has 1 aliphatic rings. The van der Waals surface area contributed by atoms with Crippen LogP contribution in [0.1, 0.15) is 36.1 Å². The molecule has 5 nitrogen and oxygen atoms in total. The average Bonchev–Trinajstić information content (AvgIpc) is 2.72. The van der Waals surface area contributed by atoms with Crippen molar-refractivity contribution in [1.82, 2.24) is 15.0 Å². The molecule has 146 valence electrons. The Morgan fingerprint density at radius 3 is 2.61 bits per heavy atom. The first-order valence-corrected chi connectivity index (χ1v) is 10.2. The zero-order chi connectivity index (χ0) is 19.5. The van der Waals surface area contributed by atoms with Crippen LogP contribution in [-0.4, -0.2) is 39.3 Å². The molecule has 0 radical (unpaired) electrons. The molecule has 1 saturated heterocycles. The van der Waals surface area contributed by atoms with Gasteiger partial charge < -0.3 is 10.0 Å². The zero-order valence-corrected chi connectivity index (χ0v) is 16.7. The summed E-state index contributed by atoms with van der Waals surface area (Å²) in [5, 5.41) is 11.7. The van der Waals surface area contributed by atoms with E-state index in [1.807, 2.05) is 13.0 Å². The van der Waals surface area contributed by atoms with Gasteiger partial charge in [-0.05, 0) is 62.6 Å². The lowest BCUT2D eigenvalue weighted by molar-refractivity contribution is 0.0850. The summed E-state index contributed by atoms with van der Waals surface area (Å²) in [5.41, 5.74) is 4.22. The SMILES string of the molecule is Cc1cc(C)c2c(N3CCC(C(O)CCc4ccccc4)CC3)ncnc2n1. The fourth-order valence-corrected chi connectivity index (χ4v) is 4.32. The Balaban J connectivity index is 1.41. The van der Waals surface area contributed by atoms with Crippen LogP contribution >= 0.6 is 0 Å². The van der Waals surface area contributed by atoms with Crippen LogP contribution in [0.2, 0.25) is 0 Å². The summed E-state index contributed by atoms with van der Waals surface area (Å²) in [7, 11) is 0. The van der Waals surface area contributed by atoms with Gasteiger partial charge in [0.2, 0.25) is 0 Å². The Morgan fingerprint density at radius 1 is 1.11 bits per heavy atom. The summed E-state index contributed by atoms with van der Waals surface area (Å²) in [6.45, 7) is 5.92. The number of aryl methyl sites for hydroxylation is 3. The molecule has 1 atom stereocenters. The highest BCUT2D eigenvalue weighted by Crippen LogP contribution is 2.31. The first-order chi connectivity index (χ1) is 13.6. The molecule has 28 heavy (non-hydrogen) atoms. The van der Waals surface area contributed by atoms with Gasteiger partial charge in [-0.1, -0.05) is 30.3 Å². The number of fused-ring (bicyclic) bond motifs is 1. The van der Waals surface area contributed by atoms with Crippen LogP contribution in [0.15, 0.2) is 42.7 Å². The van der Waals surface area contributed by atoms with Gasteiger partial charge in [0.05, 0.1) is 11.5 Å². The van der Waals surface area contributed by atoms with Crippen molar-refractivity contribution in [2.45, 2.75) is 45.6 Å². The number of piperidine rings is 1. The molecule has 0 aliphatic carbocycles. The summed E-state index contributed by atoms with van der Waals surface area (Å²) in [5.74, 6) is 1.33. The molecule has 0 bridgehead atoms. The molecule has 1 fully saturated rings. The second-order valence-corrected chi connectivity index (χ2v) is 7.89. The van der Waals surface area contributed by atoms with E-state index < -0.39 is 0 Å². The standard InChI is InChI=1S/C23H28N4O/c1-16-14-17(2)26-22-21(16)23(25-15-24-22)27-12-10-19(11-13-27)20(28)9-8-18-6-4-3-5-7-18/h3-7,14-15,19-20,28H,8-13H2,1-2H3. The van der Waals surface area contributed by atoms with E-state index in [1.165, 1.54) is 11.1 Å². The molecular formula is C23H28N4O. The summed E-state index contributed by atoms with van der Waals surface area (Å²) in [6, 6.07) is 12.5. The molecule has 0 spiro atoms. The van der Waals surface area contributed by atoms with Gasteiger partial charge in [-0.25, -0.2) is 15.0 Å². The predicted molar refractivity (Wildman–Crippen MR) is 113 cm³/mol. The Kier molecular flexibility index (Phi) is 5.53. The van der Waals surface area contributed by atoms with E-state index in [4.69, 9.17) is 0 Å². The highest BCUT2D eigenvalue weighted by molar-refractivity contribution is 5.90. The number of anilines is 1. The van der Waals surface area contributed by atoms with Gasteiger partial charge >= 0.3 is 0 Å². The molecule has 0 saturated carbocycles. The van der Waals surface area contributed by atoms with Gasteiger partial charge in [-0.15, -0.1) is 0 Å². The third-order valence-corrected chi connectivity index (χ3v) is 5.86. The maximum Gasteiger partial charge on any atom is 0.165 e. The number of pyridine rings is 1. The maximum absolute atomic E-state index is 10.7. The predicted octanol–water partition coefficient (Wildman–Crippen LogP) is 3.85. The lowest BCUT2D eigenvalue weighted by Gasteiger charge is -2.35. The monoisotopic (exact) mass is 376 g/mol. The van der Waals surface area contributed by atoms with E-state index in [-0.39, 0.29) is 6.10 Å². The quantitative estimate of drug-likeness (QED) is 0.733. The lowest BCUT2D eigenvalue weighted by atomic mass is 9.88. The first kappa shape index (κ1) is 18.8. The molecule has 1 unspecified atom stereocenters. The van der Waals surface area contributed by atoms with Crippen LogP contribution in [-0.2, 0) is 6.42 Å². The van der Waals surface area contributed by atoms with E-state index in [1.54, 1.807) is 6.33 Å². The summed E-state index contributed by atoms with van der Waals surface area (Å²) in [4.78, 5) is 15.8. The van der Waals surface area contributed by atoms with Crippen LogP contribution in [0.5, 0.6) is 0 Å². The molecule has 0 amide bonds. The van der Waals surface area contributed by atoms with Crippen LogP contribution in [0.4, 0.5) is 5.82 Å². The highest BCUT2D eigenvalue weighted by Gasteiger charge is 2.27. The van der Waals surface area contributed by atoms with Crippen molar-refractivity contribution in [2.24, 2.45) is 5.92 Å². The number of rotatable bonds is 5. The average molecular weight is 377 g/mol. The Labute approximate surface area is 166 Å². The smallest absolute Gasteiger partial charge is 0.165 e. The fourth-order valence-electron chi connectivity index (χ4n) is 4.32. The van der Waals surface area contributed by atoms with Crippen LogP contribution in [0, 0.1) is 19.8 Å². The normalized spacial score (nSPS) is 16.5. The molecule has 3 aromatic rings. The molecular weight excluding hydrogens is 348 g/mol. The second-order valence-electron chi connectivity index (χ2n) is 7.89. The van der Waals surface area contributed by atoms with E-state index in [2.05, 4.69) is 57.1 Å². The molecule has 1 aliphatic heterocycles. The molecule has 4 rings (SSSR count). The number of aromatic nitrogens is 3. The van der Waals surface area contributed by atoms with E-state index in [0.717, 1.165) is 61.3 Å². The molecule has 1 N–H and O–H groups in total. The van der Waals surface area contributed by atoms with Crippen molar-refractivity contribution in [3.8, 4) is 0 Å². The van der Waals surface area contributed by atoms with Crippen molar-refractivity contribution in [2.75, 3.05) is 18.0 Å². The zero-order valence-electron chi connectivity index (χ0n) is 16.7. The number of benzene rings is 1. The Morgan fingerprint density at radius 2 is 1.86 bits per heavy atom. The van der Waals surface area contributed by atoms with Gasteiger partial charge in [-0.2, -0.15) is 0 Å². The number of aliphatic hydroxyl groups excluding tert-OH is 1. The van der Waals surface area contributed by atoms with Gasteiger partial charge in [-0.3, -0.25) is 0 Å². The minimum Gasteiger partial charge on any atom is -0.393 e. The van der Waals surface area contributed by atoms with Gasteiger partial charge in [0.1, 0.15) is 12.1 Å². The van der Waals surface area contributed by atoms with Crippen LogP contribution < -0.4 is 4.90 Å². The topological polar surface area (TPSA) is 62.1 Å². The van der Waals surface area contributed by atoms with Crippen molar-refractivity contribution in [3.05, 3.63) is 59.5 Å². The van der Waals surface area contributed by atoms with Crippen molar-refractivity contribution < 1.29 is 5.11 Å². The Hall–Kier alpha value is -2.53. The third kappa shape index (κ3) is 3.99. The fraction of sp³-hybridized carbons (Fsp3) is 0.435. The second kappa shape index (κ2) is 8.23. The minimum atomic E-state index is -0.240. The number of hydrogen-bond acceptors (Lipinski definition) is 5. The summed E-state index contributed by atoms with van der Waals surface area (Å²) < 4.78 is 0. The number of nitrogens with zero attached hydrogens (tertiary/aromatic N) is 4. The van der Waals surface area contributed by atoms with E-state index >= 15 is 0 Å². The molecule has 5 heteroatoms. The van der Waals surface area contributed by atoms with Gasteiger partial charge in [0.25, 0.3) is 0 Å². The van der Waals surface area contributed by atoms with Crippen LogP contribution in [0.3, 0.4) is 0 Å². The van der Waals surface area contributed by atoms with Crippen molar-refractivity contribution >= 4 is 16.9 Å². The molecule has 2 aromatic heterocycles. The number of aliphatic hydroxyl groups is 1.